The molecule has 0 saturated carbocycles. The van der Waals surface area contributed by atoms with Crippen molar-refractivity contribution in [2.45, 2.75) is 25.8 Å². The zero-order valence-electron chi connectivity index (χ0n) is 16.3. The number of nitriles is 1. The lowest BCUT2D eigenvalue weighted by Gasteiger charge is -2.05. The van der Waals surface area contributed by atoms with E-state index in [9.17, 15) is 14.4 Å². The fourth-order valence-corrected chi connectivity index (χ4v) is 3.05. The number of hydrogen-bond acceptors (Lipinski definition) is 6. The van der Waals surface area contributed by atoms with Gasteiger partial charge >= 0.3 is 5.97 Å². The number of aryl methyl sites for hydroxylation is 1. The summed E-state index contributed by atoms with van der Waals surface area (Å²) in [5.41, 5.74) is 1.32. The predicted molar refractivity (Wildman–Crippen MR) is 108 cm³/mol. The first-order chi connectivity index (χ1) is 14.6. The molecule has 0 aliphatic rings. The SMILES string of the molecule is N#CCCn1cc(C(=O)COC(=O)CCCNC(=O)c2ccco2)c2ccccc21. The van der Waals surface area contributed by atoms with Gasteiger partial charge in [-0.3, -0.25) is 14.4 Å². The van der Waals surface area contributed by atoms with Crippen molar-refractivity contribution < 1.29 is 23.5 Å². The number of amides is 1. The summed E-state index contributed by atoms with van der Waals surface area (Å²) in [6.07, 6.45) is 3.90. The van der Waals surface area contributed by atoms with E-state index in [1.165, 1.54) is 6.26 Å². The molecule has 1 N–H and O–H groups in total. The number of fused-ring (bicyclic) bond motifs is 1. The third-order valence-corrected chi connectivity index (χ3v) is 4.51. The quantitative estimate of drug-likeness (QED) is 0.314. The number of aromatic nitrogens is 1. The van der Waals surface area contributed by atoms with Crippen molar-refractivity contribution >= 4 is 28.6 Å². The number of para-hydroxylation sites is 1. The zero-order chi connectivity index (χ0) is 21.3. The minimum Gasteiger partial charge on any atom is -0.459 e. The van der Waals surface area contributed by atoms with Gasteiger partial charge in [0.2, 0.25) is 5.78 Å². The van der Waals surface area contributed by atoms with Crippen LogP contribution in [-0.4, -0.2) is 35.4 Å². The monoisotopic (exact) mass is 407 g/mol. The molecule has 0 aliphatic heterocycles. The maximum atomic E-state index is 12.6. The molecule has 0 unspecified atom stereocenters. The summed E-state index contributed by atoms with van der Waals surface area (Å²) in [4.78, 5) is 36.2. The third-order valence-electron chi connectivity index (χ3n) is 4.51. The van der Waals surface area contributed by atoms with Crippen LogP contribution in [0.4, 0.5) is 0 Å². The van der Waals surface area contributed by atoms with Crippen LogP contribution in [0.25, 0.3) is 10.9 Å². The van der Waals surface area contributed by atoms with Gasteiger partial charge in [0.25, 0.3) is 5.91 Å². The van der Waals surface area contributed by atoms with Gasteiger partial charge in [-0.05, 0) is 24.6 Å². The Balaban J connectivity index is 1.47. The fraction of sp³-hybridized carbons (Fsp3) is 0.273. The third kappa shape index (κ3) is 5.14. The Morgan fingerprint density at radius 1 is 1.17 bits per heavy atom. The molecule has 1 amide bonds. The number of esters is 1. The van der Waals surface area contributed by atoms with Crippen LogP contribution in [0.5, 0.6) is 0 Å². The highest BCUT2D eigenvalue weighted by Crippen LogP contribution is 2.22. The Kier molecular flexibility index (Phi) is 7.00. The Morgan fingerprint density at radius 3 is 2.77 bits per heavy atom. The lowest BCUT2D eigenvalue weighted by Crippen LogP contribution is -2.24. The number of hydrogen-bond donors (Lipinski definition) is 1. The number of benzene rings is 1. The van der Waals surface area contributed by atoms with Crippen molar-refractivity contribution in [3.63, 3.8) is 0 Å². The standard InChI is InChI=1S/C22H21N3O5/c23-10-5-12-25-14-17(16-6-1-2-7-18(16)25)19(26)15-30-21(27)9-3-11-24-22(28)20-8-4-13-29-20/h1-2,4,6-8,13-14H,3,5,9,11-12,15H2,(H,24,28). The lowest BCUT2D eigenvalue weighted by atomic mass is 10.1. The van der Waals surface area contributed by atoms with E-state index < -0.39 is 5.97 Å². The average molecular weight is 407 g/mol. The summed E-state index contributed by atoms with van der Waals surface area (Å²) in [6, 6.07) is 12.7. The van der Waals surface area contributed by atoms with Crippen LogP contribution in [0, 0.1) is 11.3 Å². The number of carbonyl (C=O) groups is 3. The predicted octanol–water partition coefficient (Wildman–Crippen LogP) is 3.08. The minimum atomic E-state index is -0.510. The highest BCUT2D eigenvalue weighted by molar-refractivity contribution is 6.09. The van der Waals surface area contributed by atoms with Gasteiger partial charge in [0.1, 0.15) is 0 Å². The van der Waals surface area contributed by atoms with Crippen molar-refractivity contribution in [1.82, 2.24) is 9.88 Å². The number of nitrogens with one attached hydrogen (secondary N) is 1. The van der Waals surface area contributed by atoms with Crippen molar-refractivity contribution in [1.29, 1.82) is 5.26 Å². The molecule has 0 fully saturated rings. The van der Waals surface area contributed by atoms with E-state index in [0.29, 0.717) is 24.9 Å². The molecule has 2 heterocycles. The Morgan fingerprint density at radius 2 is 2.00 bits per heavy atom. The number of Topliss-reactive ketones (excluding diaryl/α,β-unsaturated/α-hetero) is 1. The molecule has 0 aliphatic carbocycles. The van der Waals surface area contributed by atoms with Gasteiger partial charge in [0.15, 0.2) is 12.4 Å². The first-order valence-corrected chi connectivity index (χ1v) is 9.55. The summed E-state index contributed by atoms with van der Waals surface area (Å²) in [5, 5.41) is 12.2. The summed E-state index contributed by atoms with van der Waals surface area (Å²) in [5.74, 6) is -0.960. The van der Waals surface area contributed by atoms with E-state index in [-0.39, 0.29) is 37.0 Å². The zero-order valence-corrected chi connectivity index (χ0v) is 16.3. The van der Waals surface area contributed by atoms with Gasteiger partial charge in [0.05, 0.1) is 18.8 Å². The first-order valence-electron chi connectivity index (χ1n) is 9.55. The maximum absolute atomic E-state index is 12.6. The van der Waals surface area contributed by atoms with Gasteiger partial charge in [-0.25, -0.2) is 0 Å². The fourth-order valence-electron chi connectivity index (χ4n) is 3.05. The molecule has 30 heavy (non-hydrogen) atoms. The second-order valence-electron chi connectivity index (χ2n) is 6.58. The van der Waals surface area contributed by atoms with E-state index in [2.05, 4.69) is 11.4 Å². The summed E-state index contributed by atoms with van der Waals surface area (Å²) < 4.78 is 11.9. The molecule has 0 atom stereocenters. The normalized spacial score (nSPS) is 10.5. The molecule has 0 bridgehead atoms. The lowest BCUT2D eigenvalue weighted by molar-refractivity contribution is -0.142. The summed E-state index contributed by atoms with van der Waals surface area (Å²) in [6.45, 7) is 0.409. The van der Waals surface area contributed by atoms with Crippen LogP contribution in [-0.2, 0) is 16.1 Å². The van der Waals surface area contributed by atoms with E-state index in [1.54, 1.807) is 18.3 Å². The molecule has 3 rings (SSSR count). The van der Waals surface area contributed by atoms with E-state index in [1.807, 2.05) is 28.8 Å². The highest BCUT2D eigenvalue weighted by atomic mass is 16.5. The van der Waals surface area contributed by atoms with E-state index in [4.69, 9.17) is 14.4 Å². The van der Waals surface area contributed by atoms with Crippen LogP contribution < -0.4 is 5.32 Å². The minimum absolute atomic E-state index is 0.0790. The molecule has 0 spiro atoms. The van der Waals surface area contributed by atoms with Crippen molar-refractivity contribution in [2.75, 3.05) is 13.2 Å². The van der Waals surface area contributed by atoms with Crippen LogP contribution in [0.2, 0.25) is 0 Å². The smallest absolute Gasteiger partial charge is 0.306 e. The van der Waals surface area contributed by atoms with Crippen molar-refractivity contribution in [2.24, 2.45) is 0 Å². The van der Waals surface area contributed by atoms with Crippen LogP contribution in [0.1, 0.15) is 40.2 Å². The second kappa shape index (κ2) is 10.1. The van der Waals surface area contributed by atoms with Crippen LogP contribution in [0.3, 0.4) is 0 Å². The number of nitrogens with zero attached hydrogens (tertiary/aromatic N) is 2. The molecule has 154 valence electrons. The molecular formula is C22H21N3O5. The Bertz CT molecular complexity index is 1080. The van der Waals surface area contributed by atoms with Crippen LogP contribution in [0.15, 0.2) is 53.3 Å². The maximum Gasteiger partial charge on any atom is 0.306 e. The number of ether oxygens (including phenoxy) is 1. The molecule has 2 aromatic heterocycles. The van der Waals surface area contributed by atoms with E-state index >= 15 is 0 Å². The second-order valence-corrected chi connectivity index (χ2v) is 6.58. The van der Waals surface area contributed by atoms with Gasteiger partial charge < -0.3 is 19.0 Å². The van der Waals surface area contributed by atoms with Crippen molar-refractivity contribution in [3.8, 4) is 6.07 Å². The summed E-state index contributed by atoms with van der Waals surface area (Å²) in [7, 11) is 0. The highest BCUT2D eigenvalue weighted by Gasteiger charge is 2.16. The van der Waals surface area contributed by atoms with Gasteiger partial charge in [0, 0.05) is 42.2 Å². The molecule has 0 radical (unpaired) electrons. The van der Waals surface area contributed by atoms with Gasteiger partial charge in [-0.1, -0.05) is 18.2 Å². The largest absolute Gasteiger partial charge is 0.459 e. The molecule has 1 aromatic carbocycles. The molecule has 8 heteroatoms. The first kappa shape index (κ1) is 20.9. The Labute approximate surface area is 173 Å². The van der Waals surface area contributed by atoms with E-state index in [0.717, 1.165) is 10.9 Å². The van der Waals surface area contributed by atoms with Crippen LogP contribution >= 0.6 is 0 Å². The summed E-state index contributed by atoms with van der Waals surface area (Å²) >= 11 is 0. The average Bonchev–Trinajstić information content (AvgIpc) is 3.42. The topological polar surface area (TPSA) is 114 Å². The van der Waals surface area contributed by atoms with Crippen molar-refractivity contribution in [3.05, 3.63) is 60.2 Å². The number of furan rings is 1. The number of rotatable bonds is 10. The molecular weight excluding hydrogens is 386 g/mol. The number of carbonyl (C=O) groups excluding carboxylic acids is 3. The Hall–Kier alpha value is -3.86. The molecule has 3 aromatic rings. The van der Waals surface area contributed by atoms with Gasteiger partial charge in [-0.15, -0.1) is 0 Å². The molecule has 8 nitrogen and oxygen atoms in total. The molecule has 0 saturated heterocycles. The number of ketones is 1. The van der Waals surface area contributed by atoms with Gasteiger partial charge in [-0.2, -0.15) is 5.26 Å².